The molecule has 0 saturated carbocycles. The number of carboxylic acids is 1. The summed E-state index contributed by atoms with van der Waals surface area (Å²) in [6, 6.07) is 8.30. The van der Waals surface area contributed by atoms with Gasteiger partial charge in [-0.05, 0) is 24.1 Å². The Hall–Kier alpha value is -3.16. The zero-order chi connectivity index (χ0) is 19.2. The number of aromatic nitrogens is 2. The lowest BCUT2D eigenvalue weighted by Gasteiger charge is -2.39. The number of ether oxygens (including phenoxy) is 1. The van der Waals surface area contributed by atoms with Crippen molar-refractivity contribution < 1.29 is 19.4 Å². The van der Waals surface area contributed by atoms with Gasteiger partial charge in [0.1, 0.15) is 11.8 Å². The number of carbonyl (C=O) groups excluding carboxylic acids is 1. The van der Waals surface area contributed by atoms with Gasteiger partial charge in [0, 0.05) is 31.9 Å². The number of aryl methyl sites for hydroxylation is 1. The van der Waals surface area contributed by atoms with E-state index in [4.69, 9.17) is 4.74 Å². The average molecular weight is 370 g/mol. The number of benzene rings is 1. The second-order valence-electron chi connectivity index (χ2n) is 6.25. The van der Waals surface area contributed by atoms with Crippen molar-refractivity contribution in [1.82, 2.24) is 14.9 Å². The first kappa shape index (κ1) is 18.6. The number of piperazine rings is 1. The van der Waals surface area contributed by atoms with Crippen molar-refractivity contribution in [2.24, 2.45) is 0 Å². The highest BCUT2D eigenvalue weighted by molar-refractivity contribution is 5.84. The van der Waals surface area contributed by atoms with Crippen molar-refractivity contribution in [1.29, 1.82) is 0 Å². The zero-order valence-electron chi connectivity index (χ0n) is 15.1. The van der Waals surface area contributed by atoms with Crippen LogP contribution in [0.25, 0.3) is 0 Å². The van der Waals surface area contributed by atoms with E-state index < -0.39 is 12.0 Å². The summed E-state index contributed by atoms with van der Waals surface area (Å²) in [7, 11) is 1.59. The van der Waals surface area contributed by atoms with Crippen molar-refractivity contribution in [2.45, 2.75) is 18.9 Å². The van der Waals surface area contributed by atoms with Crippen LogP contribution in [-0.2, 0) is 16.0 Å². The second kappa shape index (κ2) is 8.48. The number of nitrogens with zero attached hydrogens (tertiary/aromatic N) is 4. The van der Waals surface area contributed by atoms with Crippen LogP contribution in [0.3, 0.4) is 0 Å². The number of carboxylic acid groups (broad SMARTS) is 1. The summed E-state index contributed by atoms with van der Waals surface area (Å²) in [6.07, 6.45) is 3.95. The number of methoxy groups -OCH3 is 1. The molecular weight excluding hydrogens is 348 g/mol. The van der Waals surface area contributed by atoms with Gasteiger partial charge in [0.15, 0.2) is 0 Å². The van der Waals surface area contributed by atoms with Crippen LogP contribution in [0.1, 0.15) is 12.0 Å². The van der Waals surface area contributed by atoms with E-state index in [1.54, 1.807) is 30.5 Å². The Morgan fingerprint density at radius 3 is 2.63 bits per heavy atom. The Morgan fingerprint density at radius 1 is 1.19 bits per heavy atom. The summed E-state index contributed by atoms with van der Waals surface area (Å²) < 4.78 is 5.31. The molecule has 2 aromatic rings. The molecule has 8 nitrogen and oxygen atoms in total. The summed E-state index contributed by atoms with van der Waals surface area (Å²) >= 11 is 0. The van der Waals surface area contributed by atoms with Gasteiger partial charge in [0.2, 0.25) is 11.9 Å². The van der Waals surface area contributed by atoms with E-state index in [1.807, 2.05) is 24.3 Å². The number of carbonyl (C=O) groups is 2. The fourth-order valence-corrected chi connectivity index (χ4v) is 3.22. The maximum atomic E-state index is 12.7. The summed E-state index contributed by atoms with van der Waals surface area (Å²) in [5.41, 5.74) is 0.927. The van der Waals surface area contributed by atoms with Crippen LogP contribution < -0.4 is 9.64 Å². The second-order valence-corrected chi connectivity index (χ2v) is 6.25. The molecule has 1 N–H and O–H groups in total. The molecule has 1 aliphatic heterocycles. The van der Waals surface area contributed by atoms with Gasteiger partial charge in [-0.3, -0.25) is 4.79 Å². The van der Waals surface area contributed by atoms with E-state index >= 15 is 0 Å². The number of anilines is 1. The van der Waals surface area contributed by atoms with Gasteiger partial charge in [-0.1, -0.05) is 18.2 Å². The van der Waals surface area contributed by atoms with Crippen LogP contribution in [0.5, 0.6) is 5.75 Å². The maximum absolute atomic E-state index is 12.7. The summed E-state index contributed by atoms with van der Waals surface area (Å²) in [5, 5.41) is 9.61. The topological polar surface area (TPSA) is 95.9 Å². The van der Waals surface area contributed by atoms with Crippen molar-refractivity contribution in [3.8, 4) is 5.75 Å². The van der Waals surface area contributed by atoms with E-state index in [0.717, 1.165) is 11.3 Å². The standard InChI is InChI=1S/C19H22N4O4/c1-27-16-6-3-2-5-14(16)7-8-17(24)23-12-11-22(13-15(23)18(25)26)19-20-9-4-10-21-19/h2-6,9-10,15H,7-8,11-13H2,1H3,(H,25,26)/t15-/m1/s1. The molecule has 1 fully saturated rings. The number of amides is 1. The van der Waals surface area contributed by atoms with Crippen molar-refractivity contribution >= 4 is 17.8 Å². The van der Waals surface area contributed by atoms with Crippen LogP contribution in [-0.4, -0.2) is 64.6 Å². The molecule has 0 spiro atoms. The van der Waals surface area contributed by atoms with Crippen molar-refractivity contribution in [2.75, 3.05) is 31.6 Å². The van der Waals surface area contributed by atoms with Gasteiger partial charge in [-0.25, -0.2) is 14.8 Å². The van der Waals surface area contributed by atoms with Gasteiger partial charge < -0.3 is 19.6 Å². The predicted octanol–water partition coefficient (Wildman–Crippen LogP) is 1.22. The molecule has 1 atom stereocenters. The van der Waals surface area contributed by atoms with Gasteiger partial charge in [-0.2, -0.15) is 0 Å². The molecule has 1 aliphatic rings. The van der Waals surface area contributed by atoms with Gasteiger partial charge >= 0.3 is 5.97 Å². The van der Waals surface area contributed by atoms with Gasteiger partial charge in [-0.15, -0.1) is 0 Å². The number of rotatable bonds is 6. The third kappa shape index (κ3) is 4.33. The van der Waals surface area contributed by atoms with Crippen LogP contribution in [0.15, 0.2) is 42.7 Å². The number of para-hydroxylation sites is 1. The molecule has 1 amide bonds. The largest absolute Gasteiger partial charge is 0.496 e. The molecule has 1 saturated heterocycles. The molecule has 0 aliphatic carbocycles. The fraction of sp³-hybridized carbons (Fsp3) is 0.368. The Kier molecular flexibility index (Phi) is 5.85. The quantitative estimate of drug-likeness (QED) is 0.817. The molecule has 2 heterocycles. The highest BCUT2D eigenvalue weighted by Gasteiger charge is 2.35. The van der Waals surface area contributed by atoms with Gasteiger partial charge in [0.25, 0.3) is 0 Å². The van der Waals surface area contributed by atoms with Gasteiger partial charge in [0.05, 0.1) is 13.7 Å². The van der Waals surface area contributed by atoms with E-state index in [9.17, 15) is 14.7 Å². The molecule has 27 heavy (non-hydrogen) atoms. The summed E-state index contributed by atoms with van der Waals surface area (Å²) in [4.78, 5) is 36.0. The van der Waals surface area contributed by atoms with Crippen LogP contribution >= 0.6 is 0 Å². The van der Waals surface area contributed by atoms with Crippen LogP contribution in [0.2, 0.25) is 0 Å². The highest BCUT2D eigenvalue weighted by atomic mass is 16.5. The maximum Gasteiger partial charge on any atom is 0.328 e. The lowest BCUT2D eigenvalue weighted by Crippen LogP contribution is -2.58. The van der Waals surface area contributed by atoms with E-state index in [1.165, 1.54) is 4.90 Å². The third-order valence-corrected chi connectivity index (χ3v) is 4.62. The SMILES string of the molecule is COc1ccccc1CCC(=O)N1CCN(c2ncccn2)C[C@@H]1C(=O)O. The first-order valence-electron chi connectivity index (χ1n) is 8.76. The van der Waals surface area contributed by atoms with Crippen LogP contribution in [0, 0.1) is 0 Å². The Labute approximate surface area is 157 Å². The molecule has 8 heteroatoms. The van der Waals surface area contributed by atoms with Crippen molar-refractivity contribution in [3.63, 3.8) is 0 Å². The van der Waals surface area contributed by atoms with E-state index in [2.05, 4.69) is 9.97 Å². The lowest BCUT2D eigenvalue weighted by atomic mass is 10.1. The molecule has 1 aromatic heterocycles. The minimum absolute atomic E-state index is 0.166. The molecule has 142 valence electrons. The number of aliphatic carboxylic acids is 1. The number of hydrogen-bond donors (Lipinski definition) is 1. The summed E-state index contributed by atoms with van der Waals surface area (Å²) in [5.74, 6) is -0.000731. The van der Waals surface area contributed by atoms with E-state index in [0.29, 0.717) is 25.5 Å². The summed E-state index contributed by atoms with van der Waals surface area (Å²) in [6.45, 7) is 0.980. The normalized spacial score (nSPS) is 16.9. The average Bonchev–Trinajstić information content (AvgIpc) is 2.72. The molecule has 3 rings (SSSR count). The Bertz CT molecular complexity index is 799. The molecule has 0 radical (unpaired) electrons. The first-order chi connectivity index (χ1) is 13.1. The highest BCUT2D eigenvalue weighted by Crippen LogP contribution is 2.21. The molecule has 1 aromatic carbocycles. The molecule has 0 bridgehead atoms. The monoisotopic (exact) mass is 370 g/mol. The van der Waals surface area contributed by atoms with Crippen LogP contribution in [0.4, 0.5) is 5.95 Å². The van der Waals surface area contributed by atoms with E-state index in [-0.39, 0.29) is 18.9 Å². The Balaban J connectivity index is 1.66. The number of hydrogen-bond acceptors (Lipinski definition) is 6. The molecule has 0 unspecified atom stereocenters. The Morgan fingerprint density at radius 2 is 1.93 bits per heavy atom. The first-order valence-corrected chi connectivity index (χ1v) is 8.76. The third-order valence-electron chi connectivity index (χ3n) is 4.62. The smallest absolute Gasteiger partial charge is 0.328 e. The molecular formula is C19H22N4O4. The fourth-order valence-electron chi connectivity index (χ4n) is 3.22. The minimum Gasteiger partial charge on any atom is -0.496 e. The lowest BCUT2D eigenvalue weighted by molar-refractivity contribution is -0.150. The predicted molar refractivity (Wildman–Crippen MR) is 98.7 cm³/mol. The zero-order valence-corrected chi connectivity index (χ0v) is 15.1. The minimum atomic E-state index is -1.03. The van der Waals surface area contributed by atoms with Crippen molar-refractivity contribution in [3.05, 3.63) is 48.3 Å².